The van der Waals surface area contributed by atoms with Crippen LogP contribution in [-0.2, 0) is 0 Å². The van der Waals surface area contributed by atoms with Crippen LogP contribution >= 0.6 is 11.3 Å². The normalized spacial score (nSPS) is 12.6. The predicted octanol–water partition coefficient (Wildman–Crippen LogP) is 2.27. The van der Waals surface area contributed by atoms with Gasteiger partial charge in [-0.3, -0.25) is 9.89 Å². The highest BCUT2D eigenvalue weighted by atomic mass is 32.1. The number of H-pyrrole nitrogens is 1. The first-order valence-corrected chi connectivity index (χ1v) is 7.50. The summed E-state index contributed by atoms with van der Waals surface area (Å²) in [5.41, 5.74) is 1.21. The largest absolute Gasteiger partial charge is 0.396 e. The second-order valence-electron chi connectivity index (χ2n) is 4.98. The maximum Gasteiger partial charge on any atom is 0.272 e. The number of nitrogens with zero attached hydrogens (tertiary/aromatic N) is 1. The summed E-state index contributed by atoms with van der Waals surface area (Å²) >= 11 is 1.59. The van der Waals surface area contributed by atoms with Crippen LogP contribution in [0.4, 0.5) is 0 Å². The Labute approximate surface area is 122 Å². The molecule has 5 nitrogen and oxygen atoms in total. The monoisotopic (exact) mass is 293 g/mol. The highest BCUT2D eigenvalue weighted by Crippen LogP contribution is 2.23. The van der Waals surface area contributed by atoms with Crippen LogP contribution in [0.5, 0.6) is 0 Å². The van der Waals surface area contributed by atoms with Crippen molar-refractivity contribution in [2.45, 2.75) is 26.3 Å². The van der Waals surface area contributed by atoms with Gasteiger partial charge in [-0.05, 0) is 29.9 Å². The van der Waals surface area contributed by atoms with Crippen molar-refractivity contribution >= 4 is 17.2 Å². The molecule has 2 aromatic heterocycles. The van der Waals surface area contributed by atoms with Crippen LogP contribution < -0.4 is 5.32 Å². The summed E-state index contributed by atoms with van der Waals surface area (Å²) in [6.07, 6.45) is 0.547. The Kier molecular flexibility index (Phi) is 4.92. The Hall–Kier alpha value is -1.66. The fourth-order valence-electron chi connectivity index (χ4n) is 1.95. The third kappa shape index (κ3) is 3.46. The van der Waals surface area contributed by atoms with Crippen molar-refractivity contribution in [3.8, 4) is 10.6 Å². The summed E-state index contributed by atoms with van der Waals surface area (Å²) in [4.78, 5) is 13.2. The number of carbonyl (C=O) groups excluding carboxylic acids is 1. The number of hydrogen-bond acceptors (Lipinski definition) is 4. The number of rotatable bonds is 6. The molecule has 0 aliphatic rings. The van der Waals surface area contributed by atoms with E-state index in [1.54, 1.807) is 17.4 Å². The average molecular weight is 293 g/mol. The summed E-state index contributed by atoms with van der Waals surface area (Å²) < 4.78 is 0. The van der Waals surface area contributed by atoms with Gasteiger partial charge < -0.3 is 10.4 Å². The van der Waals surface area contributed by atoms with Gasteiger partial charge in [-0.15, -0.1) is 11.3 Å². The van der Waals surface area contributed by atoms with Crippen molar-refractivity contribution < 1.29 is 9.90 Å². The topological polar surface area (TPSA) is 78.0 Å². The molecular weight excluding hydrogens is 274 g/mol. The number of carbonyl (C=O) groups is 1. The zero-order valence-corrected chi connectivity index (χ0v) is 12.4. The number of aromatic nitrogens is 2. The van der Waals surface area contributed by atoms with E-state index in [4.69, 9.17) is 5.11 Å². The molecule has 108 valence electrons. The Morgan fingerprint density at radius 2 is 2.35 bits per heavy atom. The molecule has 2 aromatic rings. The first kappa shape index (κ1) is 14.7. The first-order chi connectivity index (χ1) is 9.61. The second-order valence-corrected chi connectivity index (χ2v) is 5.93. The molecule has 0 aliphatic heterocycles. The van der Waals surface area contributed by atoms with Crippen LogP contribution in [0.25, 0.3) is 10.6 Å². The van der Waals surface area contributed by atoms with Crippen molar-refractivity contribution in [1.29, 1.82) is 0 Å². The molecule has 0 aromatic carbocycles. The number of nitrogens with one attached hydrogen (secondary N) is 2. The molecule has 0 aliphatic carbocycles. The minimum Gasteiger partial charge on any atom is -0.396 e. The quantitative estimate of drug-likeness (QED) is 0.764. The van der Waals surface area contributed by atoms with E-state index >= 15 is 0 Å². The average Bonchev–Trinajstić information content (AvgIpc) is 3.08. The van der Waals surface area contributed by atoms with Gasteiger partial charge in [-0.25, -0.2) is 0 Å². The number of thiophene rings is 1. The zero-order valence-electron chi connectivity index (χ0n) is 11.6. The number of amides is 1. The minimum atomic E-state index is -0.212. The molecule has 20 heavy (non-hydrogen) atoms. The smallest absolute Gasteiger partial charge is 0.272 e. The lowest BCUT2D eigenvalue weighted by Crippen LogP contribution is -2.39. The van der Waals surface area contributed by atoms with Gasteiger partial charge in [-0.2, -0.15) is 5.10 Å². The van der Waals surface area contributed by atoms with Crippen molar-refractivity contribution in [2.24, 2.45) is 5.92 Å². The SMILES string of the molecule is CC(C)C(CCO)NC(=O)c1cc(-c2cccs2)[nH]n1. The van der Waals surface area contributed by atoms with Crippen LogP contribution in [0.3, 0.4) is 0 Å². The lowest BCUT2D eigenvalue weighted by atomic mass is 10.0. The van der Waals surface area contributed by atoms with Gasteiger partial charge in [0, 0.05) is 12.6 Å². The number of aliphatic hydroxyl groups is 1. The van der Waals surface area contributed by atoms with E-state index in [1.165, 1.54) is 0 Å². The fraction of sp³-hybridized carbons (Fsp3) is 0.429. The van der Waals surface area contributed by atoms with E-state index in [1.807, 2.05) is 31.4 Å². The maximum absolute atomic E-state index is 12.1. The third-order valence-corrected chi connectivity index (χ3v) is 4.06. The van der Waals surface area contributed by atoms with E-state index in [-0.39, 0.29) is 24.5 Å². The summed E-state index contributed by atoms with van der Waals surface area (Å²) in [6, 6.07) is 5.63. The molecular formula is C14H19N3O2S. The fourth-order valence-corrected chi connectivity index (χ4v) is 2.64. The molecule has 0 saturated carbocycles. The van der Waals surface area contributed by atoms with Crippen molar-refractivity contribution in [3.05, 3.63) is 29.3 Å². The zero-order chi connectivity index (χ0) is 14.5. The molecule has 0 spiro atoms. The molecule has 0 saturated heterocycles. The van der Waals surface area contributed by atoms with Crippen molar-refractivity contribution in [2.75, 3.05) is 6.61 Å². The van der Waals surface area contributed by atoms with Crippen molar-refractivity contribution in [1.82, 2.24) is 15.5 Å². The highest BCUT2D eigenvalue weighted by molar-refractivity contribution is 7.13. The minimum absolute atomic E-state index is 0.0469. The van der Waals surface area contributed by atoms with Gasteiger partial charge in [0.1, 0.15) is 0 Å². The second kappa shape index (κ2) is 6.67. The van der Waals surface area contributed by atoms with Gasteiger partial charge >= 0.3 is 0 Å². The van der Waals surface area contributed by atoms with Gasteiger partial charge in [0.2, 0.25) is 0 Å². The maximum atomic E-state index is 12.1. The number of hydrogen-bond donors (Lipinski definition) is 3. The van der Waals surface area contributed by atoms with Crippen LogP contribution in [0.15, 0.2) is 23.6 Å². The molecule has 6 heteroatoms. The Morgan fingerprint density at radius 1 is 1.55 bits per heavy atom. The molecule has 0 radical (unpaired) electrons. The third-order valence-electron chi connectivity index (χ3n) is 3.16. The molecule has 1 unspecified atom stereocenters. The molecule has 2 rings (SSSR count). The predicted molar refractivity (Wildman–Crippen MR) is 79.7 cm³/mol. The summed E-state index contributed by atoms with van der Waals surface area (Å²) in [5, 5.41) is 20.8. The molecule has 0 fully saturated rings. The molecule has 2 heterocycles. The van der Waals surface area contributed by atoms with Gasteiger partial charge in [-0.1, -0.05) is 19.9 Å². The van der Waals surface area contributed by atoms with E-state index in [0.717, 1.165) is 10.6 Å². The van der Waals surface area contributed by atoms with Crippen LogP contribution in [0.1, 0.15) is 30.8 Å². The molecule has 1 atom stereocenters. The van der Waals surface area contributed by atoms with Crippen molar-refractivity contribution in [3.63, 3.8) is 0 Å². The molecule has 3 N–H and O–H groups in total. The van der Waals surface area contributed by atoms with Crippen LogP contribution in [-0.4, -0.2) is 33.9 Å². The first-order valence-electron chi connectivity index (χ1n) is 6.63. The lowest BCUT2D eigenvalue weighted by molar-refractivity contribution is 0.0911. The Bertz CT molecular complexity index is 549. The van der Waals surface area contributed by atoms with Gasteiger partial charge in [0.25, 0.3) is 5.91 Å². The standard InChI is InChI=1S/C14H19N3O2S/c1-9(2)10(5-6-18)15-14(19)12-8-11(16-17-12)13-4-3-7-20-13/h3-4,7-10,18H,5-6H2,1-2H3,(H,15,19)(H,16,17). The van der Waals surface area contributed by atoms with E-state index < -0.39 is 0 Å². The van der Waals surface area contributed by atoms with E-state index in [0.29, 0.717) is 12.1 Å². The number of aromatic amines is 1. The van der Waals surface area contributed by atoms with Gasteiger partial charge in [0.15, 0.2) is 5.69 Å². The Balaban J connectivity index is 2.06. The summed E-state index contributed by atoms with van der Waals surface area (Å²) in [7, 11) is 0. The molecule has 1 amide bonds. The van der Waals surface area contributed by atoms with Crippen LogP contribution in [0, 0.1) is 5.92 Å². The summed E-state index contributed by atoms with van der Waals surface area (Å²) in [5.74, 6) is 0.0537. The number of aliphatic hydroxyl groups excluding tert-OH is 1. The summed E-state index contributed by atoms with van der Waals surface area (Å²) in [6.45, 7) is 4.09. The lowest BCUT2D eigenvalue weighted by Gasteiger charge is -2.20. The van der Waals surface area contributed by atoms with Gasteiger partial charge in [0.05, 0.1) is 10.6 Å². The molecule has 0 bridgehead atoms. The Morgan fingerprint density at radius 3 is 2.95 bits per heavy atom. The van der Waals surface area contributed by atoms with E-state index in [2.05, 4.69) is 15.5 Å². The highest BCUT2D eigenvalue weighted by Gasteiger charge is 2.18. The van der Waals surface area contributed by atoms with Crippen LogP contribution in [0.2, 0.25) is 0 Å². The van der Waals surface area contributed by atoms with E-state index in [9.17, 15) is 4.79 Å².